The zero-order chi connectivity index (χ0) is 24.3. The normalized spacial score (nSPS) is 12.1. The van der Waals surface area contributed by atoms with Crippen LogP contribution in [-0.4, -0.2) is 25.5 Å². The van der Waals surface area contributed by atoms with E-state index in [1.807, 2.05) is 0 Å². The van der Waals surface area contributed by atoms with Crippen LogP contribution in [0.5, 0.6) is 0 Å². The first-order valence-electron chi connectivity index (χ1n) is 10.1. The Bertz CT molecular complexity index is 1620. The SMILES string of the molecule is Cc1cc(C=Cc2cccn2S(=O)(=O)c2ccccc2)n(OS(=O)(=O)c2ccccc2)c(=O)c1. The molecule has 0 fully saturated rings. The first-order chi connectivity index (χ1) is 16.2. The summed E-state index contributed by atoms with van der Waals surface area (Å²) in [5, 5.41) is 0. The van der Waals surface area contributed by atoms with E-state index >= 15 is 0 Å². The number of aryl methyl sites for hydroxylation is 1. The van der Waals surface area contributed by atoms with Crippen molar-refractivity contribution < 1.29 is 21.1 Å². The molecule has 0 saturated heterocycles. The summed E-state index contributed by atoms with van der Waals surface area (Å²) in [4.78, 5) is 12.6. The van der Waals surface area contributed by atoms with E-state index in [9.17, 15) is 21.6 Å². The highest BCUT2D eigenvalue weighted by atomic mass is 32.2. The molecule has 2 heterocycles. The highest BCUT2D eigenvalue weighted by Gasteiger charge is 2.20. The molecule has 0 saturated carbocycles. The first-order valence-corrected chi connectivity index (χ1v) is 12.9. The quantitative estimate of drug-likeness (QED) is 0.389. The van der Waals surface area contributed by atoms with E-state index in [-0.39, 0.29) is 15.5 Å². The first kappa shape index (κ1) is 23.3. The Morgan fingerprint density at radius 1 is 0.735 bits per heavy atom. The summed E-state index contributed by atoms with van der Waals surface area (Å²) in [7, 11) is -8.13. The van der Waals surface area contributed by atoms with E-state index in [4.69, 9.17) is 4.28 Å². The average Bonchev–Trinajstić information content (AvgIpc) is 3.30. The van der Waals surface area contributed by atoms with Crippen molar-refractivity contribution in [2.45, 2.75) is 16.7 Å². The lowest BCUT2D eigenvalue weighted by molar-refractivity contribution is 0.264. The average molecular weight is 497 g/mol. The number of aromatic nitrogens is 2. The van der Waals surface area contributed by atoms with Crippen LogP contribution in [0.15, 0.2) is 106 Å². The minimum absolute atomic E-state index is 0.111. The second-order valence-corrected chi connectivity index (χ2v) is 10.7. The van der Waals surface area contributed by atoms with Crippen molar-refractivity contribution in [2.24, 2.45) is 0 Å². The third-order valence-electron chi connectivity index (χ3n) is 4.83. The summed E-state index contributed by atoms with van der Waals surface area (Å²) >= 11 is 0. The van der Waals surface area contributed by atoms with Gasteiger partial charge in [0.2, 0.25) is 0 Å². The molecule has 10 heteroatoms. The molecule has 8 nitrogen and oxygen atoms in total. The zero-order valence-electron chi connectivity index (χ0n) is 18.0. The molecule has 4 rings (SSSR count). The van der Waals surface area contributed by atoms with Gasteiger partial charge in [-0.15, -0.1) is 4.73 Å². The van der Waals surface area contributed by atoms with Crippen LogP contribution >= 0.6 is 0 Å². The molecule has 0 aliphatic rings. The Morgan fingerprint density at radius 2 is 1.32 bits per heavy atom. The molecule has 0 unspecified atom stereocenters. The standard InChI is InChI=1S/C24H20N2O6S2/c1-19-17-21(26(24(27)18-19)32-34(30,31)23-12-6-3-7-13-23)15-14-20-9-8-16-25(20)33(28,29)22-10-4-2-5-11-22/h2-18H,1H3. The maximum Gasteiger partial charge on any atom is 0.357 e. The van der Waals surface area contributed by atoms with Crippen molar-refractivity contribution in [3.8, 4) is 0 Å². The fraction of sp³-hybridized carbons (Fsp3) is 0.0417. The Morgan fingerprint density at radius 3 is 1.97 bits per heavy atom. The van der Waals surface area contributed by atoms with E-state index in [2.05, 4.69) is 0 Å². The molecule has 34 heavy (non-hydrogen) atoms. The minimum Gasteiger partial charge on any atom is -0.280 e. The monoisotopic (exact) mass is 496 g/mol. The van der Waals surface area contributed by atoms with Gasteiger partial charge in [0.05, 0.1) is 16.3 Å². The number of hydrogen-bond acceptors (Lipinski definition) is 6. The Labute approximate surface area is 197 Å². The van der Waals surface area contributed by atoms with Crippen LogP contribution < -0.4 is 9.84 Å². The molecule has 0 amide bonds. The highest BCUT2D eigenvalue weighted by molar-refractivity contribution is 7.90. The molecule has 0 spiro atoms. The van der Waals surface area contributed by atoms with Gasteiger partial charge in [-0.25, -0.2) is 12.4 Å². The lowest BCUT2D eigenvalue weighted by Crippen LogP contribution is -2.32. The van der Waals surface area contributed by atoms with Gasteiger partial charge in [0.25, 0.3) is 15.6 Å². The number of hydrogen-bond donors (Lipinski definition) is 0. The van der Waals surface area contributed by atoms with Gasteiger partial charge in [-0.2, -0.15) is 8.42 Å². The maximum absolute atomic E-state index is 13.0. The molecule has 0 aliphatic heterocycles. The van der Waals surface area contributed by atoms with Crippen LogP contribution in [0, 0.1) is 6.92 Å². The summed E-state index contributed by atoms with van der Waals surface area (Å²) in [5.41, 5.74) is 0.310. The van der Waals surface area contributed by atoms with Crippen molar-refractivity contribution in [3.05, 3.63) is 118 Å². The Kier molecular flexibility index (Phi) is 6.27. The zero-order valence-corrected chi connectivity index (χ0v) is 19.6. The molecule has 2 aromatic heterocycles. The van der Waals surface area contributed by atoms with E-state index in [1.165, 1.54) is 60.8 Å². The van der Waals surface area contributed by atoms with E-state index < -0.39 is 25.7 Å². The van der Waals surface area contributed by atoms with Gasteiger partial charge in [0, 0.05) is 12.3 Å². The molecule has 0 aliphatic carbocycles. The smallest absolute Gasteiger partial charge is 0.280 e. The number of benzene rings is 2. The van der Waals surface area contributed by atoms with Crippen LogP contribution in [0.25, 0.3) is 12.2 Å². The van der Waals surface area contributed by atoms with Gasteiger partial charge in [0.1, 0.15) is 4.90 Å². The fourth-order valence-electron chi connectivity index (χ4n) is 3.24. The Hall–Kier alpha value is -3.89. The number of pyridine rings is 1. The van der Waals surface area contributed by atoms with Crippen molar-refractivity contribution in [3.63, 3.8) is 0 Å². The molecule has 4 aromatic rings. The van der Waals surface area contributed by atoms with Gasteiger partial charge in [-0.05, 0) is 67.1 Å². The van der Waals surface area contributed by atoms with Crippen molar-refractivity contribution in [2.75, 3.05) is 0 Å². The predicted octanol–water partition coefficient (Wildman–Crippen LogP) is 3.18. The van der Waals surface area contributed by atoms with Gasteiger partial charge >= 0.3 is 10.1 Å². The van der Waals surface area contributed by atoms with Gasteiger partial charge in [0.15, 0.2) is 0 Å². The van der Waals surface area contributed by atoms with Crippen LogP contribution in [0.3, 0.4) is 0 Å². The summed E-state index contributed by atoms with van der Waals surface area (Å²) < 4.78 is 58.3. The van der Waals surface area contributed by atoms with Crippen LogP contribution in [-0.2, 0) is 20.1 Å². The topological polar surface area (TPSA) is 104 Å². The summed E-state index contributed by atoms with van der Waals surface area (Å²) in [6.07, 6.45) is 4.28. The highest BCUT2D eigenvalue weighted by Crippen LogP contribution is 2.18. The molecular weight excluding hydrogens is 476 g/mol. The van der Waals surface area contributed by atoms with Crippen molar-refractivity contribution in [1.82, 2.24) is 8.70 Å². The molecule has 0 atom stereocenters. The molecule has 174 valence electrons. The summed E-state index contributed by atoms with van der Waals surface area (Å²) in [6.45, 7) is 1.68. The van der Waals surface area contributed by atoms with E-state index in [1.54, 1.807) is 49.4 Å². The van der Waals surface area contributed by atoms with Crippen LogP contribution in [0.4, 0.5) is 0 Å². The summed E-state index contributed by atoms with van der Waals surface area (Å²) in [6, 6.07) is 21.3. The fourth-order valence-corrected chi connectivity index (χ4v) is 5.53. The van der Waals surface area contributed by atoms with Gasteiger partial charge < -0.3 is 0 Å². The largest absolute Gasteiger partial charge is 0.357 e. The van der Waals surface area contributed by atoms with Gasteiger partial charge in [-0.3, -0.25) is 9.08 Å². The lowest BCUT2D eigenvalue weighted by atomic mass is 10.2. The van der Waals surface area contributed by atoms with Gasteiger partial charge in [-0.1, -0.05) is 36.4 Å². The molecule has 0 radical (unpaired) electrons. The van der Waals surface area contributed by atoms with Crippen molar-refractivity contribution >= 4 is 32.3 Å². The van der Waals surface area contributed by atoms with Crippen LogP contribution in [0.2, 0.25) is 0 Å². The second kappa shape index (κ2) is 9.16. The predicted molar refractivity (Wildman–Crippen MR) is 128 cm³/mol. The number of rotatable bonds is 7. The third-order valence-corrected chi connectivity index (χ3v) is 7.75. The summed E-state index contributed by atoms with van der Waals surface area (Å²) in [5.74, 6) is 0. The maximum atomic E-state index is 13.0. The molecule has 0 N–H and O–H groups in total. The van der Waals surface area contributed by atoms with E-state index in [0.717, 1.165) is 3.97 Å². The lowest BCUT2D eigenvalue weighted by Gasteiger charge is -2.12. The molecular formula is C24H20N2O6S2. The minimum atomic E-state index is -4.28. The molecule has 0 bridgehead atoms. The number of nitrogens with zero attached hydrogens (tertiary/aromatic N) is 2. The van der Waals surface area contributed by atoms with Crippen molar-refractivity contribution in [1.29, 1.82) is 0 Å². The Balaban J connectivity index is 1.74. The third kappa shape index (κ3) is 4.73. The van der Waals surface area contributed by atoms with E-state index in [0.29, 0.717) is 16.0 Å². The molecule has 2 aromatic carbocycles. The van der Waals surface area contributed by atoms with Crippen LogP contribution in [0.1, 0.15) is 17.0 Å². The second-order valence-electron chi connectivity index (χ2n) is 7.31.